The van der Waals surface area contributed by atoms with E-state index in [1.165, 1.54) is 0 Å². The molecule has 0 aliphatic heterocycles. The summed E-state index contributed by atoms with van der Waals surface area (Å²) in [4.78, 5) is 11.3. The van der Waals surface area contributed by atoms with Crippen molar-refractivity contribution in [3.63, 3.8) is 0 Å². The third kappa shape index (κ3) is 4.16. The predicted octanol–water partition coefficient (Wildman–Crippen LogP) is 1.21. The molecule has 0 fully saturated rings. The van der Waals surface area contributed by atoms with Gasteiger partial charge in [0.15, 0.2) is 0 Å². The van der Waals surface area contributed by atoms with E-state index in [2.05, 4.69) is 11.2 Å². The summed E-state index contributed by atoms with van der Waals surface area (Å²) in [7, 11) is 0. The summed E-state index contributed by atoms with van der Waals surface area (Å²) >= 11 is 0. The molecule has 3 heteroatoms. The van der Waals surface area contributed by atoms with Crippen LogP contribution in [0, 0.1) is 12.3 Å². The molecule has 1 aromatic rings. The van der Waals surface area contributed by atoms with E-state index in [9.17, 15) is 4.79 Å². The van der Waals surface area contributed by atoms with Crippen LogP contribution >= 0.6 is 0 Å². The number of rotatable bonds is 5. The third-order valence-corrected chi connectivity index (χ3v) is 2.16. The number of terminal acetylenes is 1. The van der Waals surface area contributed by atoms with Gasteiger partial charge in [-0.15, -0.1) is 12.3 Å². The zero-order valence-electron chi connectivity index (χ0n) is 9.07. The van der Waals surface area contributed by atoms with Crippen LogP contribution < -0.4 is 5.32 Å². The minimum Gasteiger partial charge on any atom is -0.392 e. The van der Waals surface area contributed by atoms with Crippen LogP contribution in [0.4, 0.5) is 0 Å². The van der Waals surface area contributed by atoms with E-state index in [4.69, 9.17) is 11.5 Å². The van der Waals surface area contributed by atoms with Crippen LogP contribution in [0.1, 0.15) is 24.0 Å². The van der Waals surface area contributed by atoms with E-state index >= 15 is 0 Å². The van der Waals surface area contributed by atoms with Gasteiger partial charge in [0.25, 0.3) is 0 Å². The number of carbonyl (C=O) groups is 1. The third-order valence-electron chi connectivity index (χ3n) is 2.16. The van der Waals surface area contributed by atoms with Gasteiger partial charge >= 0.3 is 0 Å². The molecule has 3 nitrogen and oxygen atoms in total. The minimum atomic E-state index is -0.0487. The van der Waals surface area contributed by atoms with Crippen LogP contribution in [0.5, 0.6) is 0 Å². The molecule has 0 spiro atoms. The molecule has 0 saturated heterocycles. The lowest BCUT2D eigenvalue weighted by molar-refractivity contribution is -0.121. The first kappa shape index (κ1) is 12.3. The lowest BCUT2D eigenvalue weighted by Gasteiger charge is -2.05. The average molecular weight is 217 g/mol. The first-order valence-electron chi connectivity index (χ1n) is 5.15. The molecule has 2 N–H and O–H groups in total. The molecule has 1 rings (SSSR count). The zero-order valence-corrected chi connectivity index (χ0v) is 9.07. The Kier molecular flexibility index (Phi) is 5.10. The molecular formula is C13H15NO2. The molecule has 0 atom stereocenters. The Morgan fingerprint density at radius 1 is 1.44 bits per heavy atom. The van der Waals surface area contributed by atoms with Gasteiger partial charge in [0.1, 0.15) is 0 Å². The molecule has 0 heterocycles. The topological polar surface area (TPSA) is 49.3 Å². The summed E-state index contributed by atoms with van der Waals surface area (Å²) in [6, 6.07) is 7.46. The number of hydrogen-bond acceptors (Lipinski definition) is 2. The molecule has 0 saturated carbocycles. The largest absolute Gasteiger partial charge is 0.392 e. The number of benzene rings is 1. The lowest BCUT2D eigenvalue weighted by Crippen LogP contribution is -2.22. The quantitative estimate of drug-likeness (QED) is 0.728. The van der Waals surface area contributed by atoms with Crippen LogP contribution in [0.3, 0.4) is 0 Å². The summed E-state index contributed by atoms with van der Waals surface area (Å²) < 4.78 is 0. The van der Waals surface area contributed by atoms with Gasteiger partial charge in [0, 0.05) is 19.4 Å². The van der Waals surface area contributed by atoms with Crippen LogP contribution in [-0.4, -0.2) is 11.0 Å². The molecule has 0 radical (unpaired) electrons. The molecule has 1 aromatic carbocycles. The smallest absolute Gasteiger partial charge is 0.221 e. The Hall–Kier alpha value is -1.79. The number of aliphatic hydroxyl groups is 1. The van der Waals surface area contributed by atoms with Gasteiger partial charge in [-0.25, -0.2) is 0 Å². The number of nitrogens with one attached hydrogen (secondary N) is 1. The molecular weight excluding hydrogens is 202 g/mol. The number of amides is 1. The van der Waals surface area contributed by atoms with Crippen molar-refractivity contribution >= 4 is 5.91 Å². The fraction of sp³-hybridized carbons (Fsp3) is 0.308. The summed E-state index contributed by atoms with van der Waals surface area (Å²) in [6.45, 7) is 0.482. The van der Waals surface area contributed by atoms with Crippen molar-refractivity contribution in [2.75, 3.05) is 0 Å². The van der Waals surface area contributed by atoms with Crippen LogP contribution in [0.15, 0.2) is 24.3 Å². The Balaban J connectivity index is 2.42. The molecule has 84 valence electrons. The van der Waals surface area contributed by atoms with Gasteiger partial charge in [-0.05, 0) is 11.1 Å². The molecule has 0 unspecified atom stereocenters. The van der Waals surface area contributed by atoms with E-state index < -0.39 is 0 Å². The van der Waals surface area contributed by atoms with Gasteiger partial charge in [-0.2, -0.15) is 0 Å². The maximum atomic E-state index is 11.3. The Bertz CT molecular complexity index is 393. The summed E-state index contributed by atoms with van der Waals surface area (Å²) in [5.74, 6) is 2.37. The zero-order chi connectivity index (χ0) is 11.8. The van der Waals surface area contributed by atoms with Crippen molar-refractivity contribution in [3.8, 4) is 12.3 Å². The van der Waals surface area contributed by atoms with E-state index in [1.54, 1.807) is 0 Å². The van der Waals surface area contributed by atoms with Gasteiger partial charge in [-0.3, -0.25) is 4.79 Å². The lowest BCUT2D eigenvalue weighted by atomic mass is 10.1. The Morgan fingerprint density at radius 2 is 2.19 bits per heavy atom. The molecule has 16 heavy (non-hydrogen) atoms. The highest BCUT2D eigenvalue weighted by Crippen LogP contribution is 2.04. The second-order valence-corrected chi connectivity index (χ2v) is 3.46. The van der Waals surface area contributed by atoms with Crippen molar-refractivity contribution in [2.45, 2.75) is 26.0 Å². The average Bonchev–Trinajstić information content (AvgIpc) is 2.34. The van der Waals surface area contributed by atoms with Crippen molar-refractivity contribution in [1.82, 2.24) is 5.32 Å². The van der Waals surface area contributed by atoms with E-state index in [0.29, 0.717) is 19.4 Å². The fourth-order valence-electron chi connectivity index (χ4n) is 1.31. The first-order chi connectivity index (χ1) is 7.76. The maximum absolute atomic E-state index is 11.3. The number of carbonyl (C=O) groups excluding carboxylic acids is 1. The highest BCUT2D eigenvalue weighted by molar-refractivity contribution is 5.76. The SMILES string of the molecule is C#CCCC(=O)NCc1cccc(CO)c1. The molecule has 0 aromatic heterocycles. The number of hydrogen-bond donors (Lipinski definition) is 2. The van der Waals surface area contributed by atoms with Crippen LogP contribution in [-0.2, 0) is 17.9 Å². The van der Waals surface area contributed by atoms with Gasteiger partial charge in [0.2, 0.25) is 5.91 Å². The van der Waals surface area contributed by atoms with Crippen molar-refractivity contribution in [1.29, 1.82) is 0 Å². The maximum Gasteiger partial charge on any atom is 0.221 e. The first-order valence-corrected chi connectivity index (χ1v) is 5.15. The van der Waals surface area contributed by atoms with Gasteiger partial charge < -0.3 is 10.4 Å². The van der Waals surface area contributed by atoms with Gasteiger partial charge in [0.05, 0.1) is 6.61 Å². The molecule has 0 aliphatic rings. The Labute approximate surface area is 95.5 Å². The predicted molar refractivity (Wildman–Crippen MR) is 62.3 cm³/mol. The molecule has 0 bridgehead atoms. The molecule has 1 amide bonds. The van der Waals surface area contributed by atoms with E-state index in [-0.39, 0.29) is 12.5 Å². The minimum absolute atomic E-state index is 0.0128. The number of aliphatic hydroxyl groups excluding tert-OH is 1. The fourth-order valence-corrected chi connectivity index (χ4v) is 1.31. The monoisotopic (exact) mass is 217 g/mol. The van der Waals surface area contributed by atoms with Crippen molar-refractivity contribution in [3.05, 3.63) is 35.4 Å². The van der Waals surface area contributed by atoms with Crippen molar-refractivity contribution < 1.29 is 9.90 Å². The van der Waals surface area contributed by atoms with Crippen molar-refractivity contribution in [2.24, 2.45) is 0 Å². The second kappa shape index (κ2) is 6.65. The standard InChI is InChI=1S/C13H15NO2/c1-2-3-7-13(16)14-9-11-5-4-6-12(8-11)10-15/h1,4-6,8,15H,3,7,9-10H2,(H,14,16). The van der Waals surface area contributed by atoms with E-state index in [0.717, 1.165) is 11.1 Å². The van der Waals surface area contributed by atoms with Crippen LogP contribution in [0.2, 0.25) is 0 Å². The summed E-state index contributed by atoms with van der Waals surface area (Å²) in [5.41, 5.74) is 1.82. The van der Waals surface area contributed by atoms with E-state index in [1.807, 2.05) is 24.3 Å². The second-order valence-electron chi connectivity index (χ2n) is 3.46. The Morgan fingerprint density at radius 3 is 2.88 bits per heavy atom. The normalized spacial score (nSPS) is 9.50. The highest BCUT2D eigenvalue weighted by atomic mass is 16.3. The summed E-state index contributed by atoms with van der Waals surface area (Å²) in [5, 5.41) is 11.7. The highest BCUT2D eigenvalue weighted by Gasteiger charge is 2.00. The van der Waals surface area contributed by atoms with Gasteiger partial charge in [-0.1, -0.05) is 24.3 Å². The summed E-state index contributed by atoms with van der Waals surface area (Å²) in [6.07, 6.45) is 5.88. The van der Waals surface area contributed by atoms with Crippen LogP contribution in [0.25, 0.3) is 0 Å². The molecule has 0 aliphatic carbocycles.